The lowest BCUT2D eigenvalue weighted by Gasteiger charge is -2.34. The van der Waals surface area contributed by atoms with E-state index in [1.807, 2.05) is 18.2 Å². The molecule has 1 aromatic carbocycles. The zero-order valence-corrected chi connectivity index (χ0v) is 14.5. The average Bonchev–Trinajstić information content (AvgIpc) is 2.53. The first-order valence-corrected chi connectivity index (χ1v) is 8.14. The summed E-state index contributed by atoms with van der Waals surface area (Å²) in [5, 5.41) is 2.85. The highest BCUT2D eigenvalue weighted by Gasteiger charge is 2.22. The number of piperazine rings is 1. The highest BCUT2D eigenvalue weighted by Crippen LogP contribution is 2.22. The van der Waals surface area contributed by atoms with Crippen LogP contribution < -0.4 is 10.1 Å². The largest absolute Gasteiger partial charge is 0.496 e. The predicted octanol–water partition coefficient (Wildman–Crippen LogP) is 2.55. The van der Waals surface area contributed by atoms with Crippen LogP contribution in [0, 0.1) is 0 Å². The first-order chi connectivity index (χ1) is 11.0. The number of carbonyl (C=O) groups excluding carboxylic acids is 1. The van der Waals surface area contributed by atoms with Gasteiger partial charge in [-0.25, -0.2) is 13.6 Å². The van der Waals surface area contributed by atoms with Crippen LogP contribution in [0.3, 0.4) is 0 Å². The van der Waals surface area contributed by atoms with Crippen molar-refractivity contribution in [2.75, 3.05) is 39.8 Å². The van der Waals surface area contributed by atoms with Crippen LogP contribution in [0.5, 0.6) is 5.75 Å². The molecule has 1 saturated heterocycles. The summed E-state index contributed by atoms with van der Waals surface area (Å²) in [6.07, 6.45) is -2.33. The van der Waals surface area contributed by atoms with Gasteiger partial charge >= 0.3 is 6.03 Å². The Balaban J connectivity index is 1.83. The van der Waals surface area contributed by atoms with E-state index in [9.17, 15) is 13.6 Å². The molecule has 0 atom stereocenters. The number of ether oxygens (including phenoxy) is 1. The van der Waals surface area contributed by atoms with Crippen molar-refractivity contribution in [2.24, 2.45) is 0 Å². The van der Waals surface area contributed by atoms with E-state index in [4.69, 9.17) is 4.74 Å². The summed E-state index contributed by atoms with van der Waals surface area (Å²) in [7, 11) is 1.58. The molecule has 0 spiro atoms. The quantitative estimate of drug-likeness (QED) is 0.838. The Kier molecular flexibility index (Phi) is 6.59. The number of nitrogens with one attached hydrogen (secondary N) is 1. The topological polar surface area (TPSA) is 44.8 Å². The number of hydrogen-bond acceptors (Lipinski definition) is 3. The number of carbonyl (C=O) groups is 1. The molecule has 0 unspecified atom stereocenters. The van der Waals surface area contributed by atoms with Crippen molar-refractivity contribution >= 4 is 22.0 Å². The maximum absolute atomic E-state index is 12.3. The van der Waals surface area contributed by atoms with Crippen molar-refractivity contribution in [2.45, 2.75) is 13.0 Å². The van der Waals surface area contributed by atoms with E-state index in [0.29, 0.717) is 38.5 Å². The lowest BCUT2D eigenvalue weighted by molar-refractivity contribution is 0.0636. The number of urea groups is 1. The van der Waals surface area contributed by atoms with Crippen molar-refractivity contribution in [3.8, 4) is 5.75 Å². The minimum Gasteiger partial charge on any atom is -0.496 e. The third-order valence-electron chi connectivity index (χ3n) is 3.73. The van der Waals surface area contributed by atoms with Gasteiger partial charge in [-0.1, -0.05) is 15.9 Å². The SMILES string of the molecule is COc1ccc(Br)cc1CNC(=O)N1CCN(CC(F)F)CC1. The Morgan fingerprint density at radius 2 is 2.04 bits per heavy atom. The number of amides is 2. The number of halogens is 3. The molecule has 1 aromatic rings. The van der Waals surface area contributed by atoms with Gasteiger partial charge in [0.15, 0.2) is 0 Å². The van der Waals surface area contributed by atoms with Gasteiger partial charge in [-0.15, -0.1) is 0 Å². The molecule has 5 nitrogen and oxygen atoms in total. The molecule has 2 amide bonds. The monoisotopic (exact) mass is 391 g/mol. The molecule has 128 valence electrons. The van der Waals surface area contributed by atoms with E-state index in [2.05, 4.69) is 21.2 Å². The van der Waals surface area contributed by atoms with Crippen molar-refractivity contribution in [1.82, 2.24) is 15.1 Å². The van der Waals surface area contributed by atoms with Crippen molar-refractivity contribution in [3.05, 3.63) is 28.2 Å². The van der Waals surface area contributed by atoms with Gasteiger partial charge in [-0.05, 0) is 18.2 Å². The lowest BCUT2D eigenvalue weighted by Crippen LogP contribution is -2.52. The first kappa shape index (κ1) is 17.9. The Hall–Kier alpha value is -1.41. The third-order valence-corrected chi connectivity index (χ3v) is 4.22. The van der Waals surface area contributed by atoms with Gasteiger partial charge in [-0.3, -0.25) is 4.90 Å². The minimum absolute atomic E-state index is 0.191. The molecule has 0 saturated carbocycles. The molecule has 2 rings (SSSR count). The van der Waals surface area contributed by atoms with E-state index in [0.717, 1.165) is 10.0 Å². The van der Waals surface area contributed by atoms with Crippen molar-refractivity contribution in [3.63, 3.8) is 0 Å². The van der Waals surface area contributed by atoms with Crippen LogP contribution in [-0.2, 0) is 6.54 Å². The standard InChI is InChI=1S/C15H20BrF2N3O2/c1-23-13-3-2-12(16)8-11(13)9-19-15(22)21-6-4-20(5-7-21)10-14(17)18/h2-3,8,14H,4-7,9-10H2,1H3,(H,19,22). The van der Waals surface area contributed by atoms with Gasteiger partial charge in [0.05, 0.1) is 13.7 Å². The van der Waals surface area contributed by atoms with Crippen LogP contribution in [0.15, 0.2) is 22.7 Å². The van der Waals surface area contributed by atoms with E-state index < -0.39 is 6.43 Å². The van der Waals surface area contributed by atoms with Gasteiger partial charge in [0.1, 0.15) is 5.75 Å². The van der Waals surface area contributed by atoms with Gasteiger partial charge in [0.2, 0.25) is 0 Å². The van der Waals surface area contributed by atoms with E-state index in [1.54, 1.807) is 16.9 Å². The highest BCUT2D eigenvalue weighted by molar-refractivity contribution is 9.10. The molecule has 1 heterocycles. The molecule has 1 aliphatic heterocycles. The second kappa shape index (κ2) is 8.44. The van der Waals surface area contributed by atoms with Gasteiger partial charge < -0.3 is 15.0 Å². The number of hydrogen-bond donors (Lipinski definition) is 1. The second-order valence-electron chi connectivity index (χ2n) is 5.29. The first-order valence-electron chi connectivity index (χ1n) is 7.35. The van der Waals surface area contributed by atoms with Gasteiger partial charge in [-0.2, -0.15) is 0 Å². The summed E-state index contributed by atoms with van der Waals surface area (Å²) >= 11 is 3.39. The molecule has 23 heavy (non-hydrogen) atoms. The number of rotatable bonds is 5. The van der Waals surface area contributed by atoms with Crippen LogP contribution in [0.2, 0.25) is 0 Å². The fourth-order valence-corrected chi connectivity index (χ4v) is 2.91. The molecule has 0 radical (unpaired) electrons. The molecular weight excluding hydrogens is 372 g/mol. The maximum Gasteiger partial charge on any atom is 0.317 e. The molecule has 8 heteroatoms. The van der Waals surface area contributed by atoms with E-state index >= 15 is 0 Å². The Morgan fingerprint density at radius 1 is 1.35 bits per heavy atom. The smallest absolute Gasteiger partial charge is 0.317 e. The lowest BCUT2D eigenvalue weighted by atomic mass is 10.2. The summed E-state index contributed by atoms with van der Waals surface area (Å²) in [5.41, 5.74) is 0.867. The number of benzene rings is 1. The maximum atomic E-state index is 12.3. The highest BCUT2D eigenvalue weighted by atomic mass is 79.9. The van der Waals surface area contributed by atoms with Crippen LogP contribution in [0.4, 0.5) is 13.6 Å². The Labute approximate surface area is 142 Å². The Bertz CT molecular complexity index is 537. The summed E-state index contributed by atoms with van der Waals surface area (Å²) in [6, 6.07) is 5.39. The fraction of sp³-hybridized carbons (Fsp3) is 0.533. The molecule has 1 N–H and O–H groups in total. The van der Waals surface area contributed by atoms with Crippen molar-refractivity contribution < 1.29 is 18.3 Å². The average molecular weight is 392 g/mol. The summed E-state index contributed by atoms with van der Waals surface area (Å²) in [5.74, 6) is 0.704. The van der Waals surface area contributed by atoms with Crippen molar-refractivity contribution in [1.29, 1.82) is 0 Å². The number of alkyl halides is 2. The zero-order chi connectivity index (χ0) is 16.8. The summed E-state index contributed by atoms with van der Waals surface area (Å²) < 4.78 is 30.8. The molecule has 1 fully saturated rings. The fourth-order valence-electron chi connectivity index (χ4n) is 2.50. The Morgan fingerprint density at radius 3 is 2.65 bits per heavy atom. The zero-order valence-electron chi connectivity index (χ0n) is 12.9. The van der Waals surface area contributed by atoms with Crippen LogP contribution in [0.25, 0.3) is 0 Å². The third kappa shape index (κ3) is 5.31. The molecule has 0 aliphatic carbocycles. The normalized spacial score (nSPS) is 15.8. The van der Waals surface area contributed by atoms with E-state index in [-0.39, 0.29) is 12.6 Å². The molecule has 1 aliphatic rings. The number of methoxy groups -OCH3 is 1. The van der Waals surface area contributed by atoms with E-state index in [1.165, 1.54) is 0 Å². The second-order valence-corrected chi connectivity index (χ2v) is 6.21. The van der Waals surface area contributed by atoms with Crippen LogP contribution in [0.1, 0.15) is 5.56 Å². The predicted molar refractivity (Wildman–Crippen MR) is 86.9 cm³/mol. The molecule has 0 bridgehead atoms. The summed E-state index contributed by atoms with van der Waals surface area (Å²) in [6.45, 7) is 1.96. The minimum atomic E-state index is -2.33. The van der Waals surface area contributed by atoms with Gasteiger partial charge in [0, 0.05) is 42.8 Å². The van der Waals surface area contributed by atoms with Crippen LogP contribution >= 0.6 is 15.9 Å². The molecular formula is C15H20BrF2N3O2. The summed E-state index contributed by atoms with van der Waals surface area (Å²) in [4.78, 5) is 15.5. The van der Waals surface area contributed by atoms with Gasteiger partial charge in [0.25, 0.3) is 6.43 Å². The van der Waals surface area contributed by atoms with Crippen LogP contribution in [-0.4, -0.2) is 62.1 Å². The number of nitrogens with zero attached hydrogens (tertiary/aromatic N) is 2. The molecule has 0 aromatic heterocycles.